The second kappa shape index (κ2) is 10.1. The number of nitrogens with one attached hydrogen (secondary N) is 1. The molecule has 1 aliphatic heterocycles. The summed E-state index contributed by atoms with van der Waals surface area (Å²) in [6.07, 6.45) is 6.13. The highest BCUT2D eigenvalue weighted by atomic mass is 35.5. The molecule has 1 amide bonds. The first-order valence-corrected chi connectivity index (χ1v) is 11.4. The summed E-state index contributed by atoms with van der Waals surface area (Å²) in [5.74, 6) is 0.384. The monoisotopic (exact) mass is 429 g/mol. The van der Waals surface area contributed by atoms with E-state index in [0.29, 0.717) is 11.5 Å². The van der Waals surface area contributed by atoms with Crippen LogP contribution in [0.5, 0.6) is 0 Å². The molecule has 1 saturated heterocycles. The van der Waals surface area contributed by atoms with Gasteiger partial charge < -0.3 is 10.2 Å². The largest absolute Gasteiger partial charge is 0.338 e. The van der Waals surface area contributed by atoms with Crippen molar-refractivity contribution in [2.75, 3.05) is 33.7 Å². The average molecular weight is 430 g/mol. The maximum absolute atomic E-state index is 13.1. The number of benzene rings is 1. The highest BCUT2D eigenvalue weighted by Gasteiger charge is 2.31. The Morgan fingerprint density at radius 2 is 1.93 bits per heavy atom. The van der Waals surface area contributed by atoms with Crippen molar-refractivity contribution in [3.05, 3.63) is 29.8 Å². The Hall–Kier alpha value is -1.15. The van der Waals surface area contributed by atoms with Gasteiger partial charge in [-0.15, -0.1) is 12.4 Å². The van der Waals surface area contributed by atoms with E-state index < -0.39 is 10.0 Å². The van der Waals surface area contributed by atoms with Crippen LogP contribution in [0.1, 0.15) is 48.9 Å². The molecule has 0 spiro atoms. The zero-order chi connectivity index (χ0) is 19.4. The second-order valence-corrected chi connectivity index (χ2v) is 9.80. The lowest BCUT2D eigenvalue weighted by atomic mass is 9.96. The van der Waals surface area contributed by atoms with Crippen LogP contribution in [0, 0.1) is 5.92 Å². The minimum atomic E-state index is -3.58. The van der Waals surface area contributed by atoms with E-state index in [1.807, 2.05) is 11.9 Å². The Morgan fingerprint density at radius 1 is 1.21 bits per heavy atom. The van der Waals surface area contributed by atoms with E-state index in [2.05, 4.69) is 5.32 Å². The van der Waals surface area contributed by atoms with Crippen molar-refractivity contribution in [1.82, 2.24) is 14.5 Å². The van der Waals surface area contributed by atoms with Gasteiger partial charge in [-0.2, -0.15) is 4.31 Å². The molecule has 1 atom stereocenters. The van der Waals surface area contributed by atoms with Gasteiger partial charge in [0.1, 0.15) is 0 Å². The molecule has 1 saturated carbocycles. The number of nitrogens with zero attached hydrogens (tertiary/aromatic N) is 2. The molecule has 1 aliphatic carbocycles. The molecule has 1 unspecified atom stereocenters. The molecule has 158 valence electrons. The number of likely N-dealkylation sites (tertiary alicyclic amines) is 1. The number of carbonyl (C=O) groups excluding carboxylic acids is 1. The summed E-state index contributed by atoms with van der Waals surface area (Å²) >= 11 is 0. The van der Waals surface area contributed by atoms with Gasteiger partial charge in [0.15, 0.2) is 0 Å². The Balaban J connectivity index is 0.00000280. The summed E-state index contributed by atoms with van der Waals surface area (Å²) < 4.78 is 27.6. The first-order chi connectivity index (χ1) is 12.9. The van der Waals surface area contributed by atoms with Crippen molar-refractivity contribution < 1.29 is 13.2 Å². The summed E-state index contributed by atoms with van der Waals surface area (Å²) in [7, 11) is 0.00262. The van der Waals surface area contributed by atoms with Crippen LogP contribution in [0.25, 0.3) is 0 Å². The Kier molecular flexibility index (Phi) is 8.30. The molecule has 1 heterocycles. The lowest BCUT2D eigenvalue weighted by Gasteiger charge is -2.30. The zero-order valence-electron chi connectivity index (χ0n) is 16.8. The zero-order valence-corrected chi connectivity index (χ0v) is 18.4. The lowest BCUT2D eigenvalue weighted by Crippen LogP contribution is -2.38. The van der Waals surface area contributed by atoms with Crippen LogP contribution < -0.4 is 5.32 Å². The van der Waals surface area contributed by atoms with E-state index in [-0.39, 0.29) is 29.3 Å². The van der Waals surface area contributed by atoms with Crippen LogP contribution in [0.2, 0.25) is 0 Å². The molecule has 0 aromatic heterocycles. The SMILES string of the molecule is CNCC1CCN(C(=O)c2cccc(S(=O)(=O)N(C)C3CCCCC3)c2)C1.Cl. The fraction of sp³-hybridized carbons (Fsp3) is 0.650. The number of hydrogen-bond donors (Lipinski definition) is 1. The first kappa shape index (κ1) is 23.1. The minimum absolute atomic E-state index is 0. The second-order valence-electron chi connectivity index (χ2n) is 7.80. The van der Waals surface area contributed by atoms with Gasteiger partial charge >= 0.3 is 0 Å². The molecule has 0 radical (unpaired) electrons. The third-order valence-electron chi connectivity index (χ3n) is 5.91. The molecule has 8 heteroatoms. The third kappa shape index (κ3) is 5.06. The van der Waals surface area contributed by atoms with Crippen molar-refractivity contribution >= 4 is 28.3 Å². The highest BCUT2D eigenvalue weighted by molar-refractivity contribution is 7.89. The van der Waals surface area contributed by atoms with Crippen molar-refractivity contribution in [2.24, 2.45) is 5.92 Å². The van der Waals surface area contributed by atoms with Gasteiger partial charge in [-0.3, -0.25) is 4.79 Å². The first-order valence-electron chi connectivity index (χ1n) is 9.95. The maximum atomic E-state index is 13.1. The van der Waals surface area contributed by atoms with Crippen LogP contribution in [0.4, 0.5) is 0 Å². The molecular formula is C20H32ClN3O3S. The van der Waals surface area contributed by atoms with Crippen LogP contribution in [-0.4, -0.2) is 63.3 Å². The molecule has 1 aromatic carbocycles. The van der Waals surface area contributed by atoms with Gasteiger partial charge in [-0.1, -0.05) is 25.3 Å². The van der Waals surface area contributed by atoms with E-state index >= 15 is 0 Å². The fourth-order valence-corrected chi connectivity index (χ4v) is 5.71. The molecule has 1 aromatic rings. The van der Waals surface area contributed by atoms with Crippen molar-refractivity contribution in [1.29, 1.82) is 0 Å². The standard InChI is InChI=1S/C20H31N3O3S.ClH/c1-21-14-16-11-12-23(15-16)20(24)17-7-6-10-19(13-17)27(25,26)22(2)18-8-4-3-5-9-18;/h6-7,10,13,16,18,21H,3-5,8-9,11-12,14-15H2,1-2H3;1H. The molecular weight excluding hydrogens is 398 g/mol. The van der Waals surface area contributed by atoms with Crippen molar-refractivity contribution in [3.8, 4) is 0 Å². The van der Waals surface area contributed by atoms with E-state index in [1.54, 1.807) is 31.3 Å². The van der Waals surface area contributed by atoms with Gasteiger partial charge in [0.05, 0.1) is 4.90 Å². The van der Waals surface area contributed by atoms with Gasteiger partial charge in [-0.05, 0) is 57.0 Å². The van der Waals surface area contributed by atoms with E-state index in [9.17, 15) is 13.2 Å². The Morgan fingerprint density at radius 3 is 2.61 bits per heavy atom. The lowest BCUT2D eigenvalue weighted by molar-refractivity contribution is 0.0787. The number of hydrogen-bond acceptors (Lipinski definition) is 4. The molecule has 1 N–H and O–H groups in total. The van der Waals surface area contributed by atoms with Crippen molar-refractivity contribution in [2.45, 2.75) is 49.5 Å². The predicted octanol–water partition coefficient (Wildman–Crippen LogP) is 2.74. The molecule has 6 nitrogen and oxygen atoms in total. The van der Waals surface area contributed by atoms with E-state index in [0.717, 1.165) is 51.7 Å². The topological polar surface area (TPSA) is 69.7 Å². The maximum Gasteiger partial charge on any atom is 0.253 e. The van der Waals surface area contributed by atoms with Crippen LogP contribution >= 0.6 is 12.4 Å². The van der Waals surface area contributed by atoms with Crippen LogP contribution in [0.15, 0.2) is 29.2 Å². The quantitative estimate of drug-likeness (QED) is 0.754. The molecule has 28 heavy (non-hydrogen) atoms. The number of amides is 1. The van der Waals surface area contributed by atoms with Gasteiger partial charge in [0, 0.05) is 31.7 Å². The molecule has 2 fully saturated rings. The highest BCUT2D eigenvalue weighted by Crippen LogP contribution is 2.27. The fourth-order valence-electron chi connectivity index (χ4n) is 4.25. The average Bonchev–Trinajstić information content (AvgIpc) is 3.16. The van der Waals surface area contributed by atoms with Crippen molar-refractivity contribution in [3.63, 3.8) is 0 Å². The molecule has 0 bridgehead atoms. The van der Waals surface area contributed by atoms with Gasteiger partial charge in [-0.25, -0.2) is 8.42 Å². The van der Waals surface area contributed by atoms with Crippen LogP contribution in [0.3, 0.4) is 0 Å². The predicted molar refractivity (Wildman–Crippen MR) is 113 cm³/mol. The van der Waals surface area contributed by atoms with Gasteiger partial charge in [0.2, 0.25) is 10.0 Å². The number of carbonyl (C=O) groups is 1. The van der Waals surface area contributed by atoms with E-state index in [1.165, 1.54) is 10.7 Å². The van der Waals surface area contributed by atoms with E-state index in [4.69, 9.17) is 0 Å². The normalized spacial score (nSPS) is 21.0. The Labute approximate surface area is 175 Å². The van der Waals surface area contributed by atoms with Gasteiger partial charge in [0.25, 0.3) is 5.91 Å². The minimum Gasteiger partial charge on any atom is -0.338 e. The molecule has 2 aliphatic rings. The third-order valence-corrected chi connectivity index (χ3v) is 7.82. The number of halogens is 1. The molecule has 3 rings (SSSR count). The summed E-state index contributed by atoms with van der Waals surface area (Å²) in [4.78, 5) is 14.9. The summed E-state index contributed by atoms with van der Waals surface area (Å²) in [6, 6.07) is 6.59. The number of rotatable bonds is 6. The summed E-state index contributed by atoms with van der Waals surface area (Å²) in [5, 5.41) is 3.16. The smallest absolute Gasteiger partial charge is 0.253 e. The Bertz CT molecular complexity index is 766. The summed E-state index contributed by atoms with van der Waals surface area (Å²) in [6.45, 7) is 2.34. The van der Waals surface area contributed by atoms with Crippen LogP contribution in [-0.2, 0) is 10.0 Å². The summed E-state index contributed by atoms with van der Waals surface area (Å²) in [5.41, 5.74) is 0.457. The number of sulfonamides is 1.